The van der Waals surface area contributed by atoms with Crippen LogP contribution in [0.3, 0.4) is 0 Å². The van der Waals surface area contributed by atoms with Gasteiger partial charge in [-0.05, 0) is 25.5 Å². The highest BCUT2D eigenvalue weighted by molar-refractivity contribution is 7.11. The highest BCUT2D eigenvalue weighted by Gasteiger charge is 2.07. The number of hydrogen-bond acceptors (Lipinski definition) is 7. The van der Waals surface area contributed by atoms with Crippen molar-refractivity contribution < 1.29 is 0 Å². The first-order valence-electron chi connectivity index (χ1n) is 7.06. The van der Waals surface area contributed by atoms with E-state index in [-0.39, 0.29) is 0 Å². The molecule has 0 bridgehead atoms. The van der Waals surface area contributed by atoms with Crippen LogP contribution in [0.15, 0.2) is 30.6 Å². The Hall–Kier alpha value is -2.41. The van der Waals surface area contributed by atoms with Crippen LogP contribution in [-0.4, -0.2) is 25.1 Å². The Morgan fingerprint density at radius 2 is 2.05 bits per heavy atom. The molecule has 6 nitrogen and oxygen atoms in total. The first kappa shape index (κ1) is 14.5. The number of aromatic nitrogens is 5. The van der Waals surface area contributed by atoms with Gasteiger partial charge in [-0.3, -0.25) is 4.98 Å². The minimum absolute atomic E-state index is 0.612. The van der Waals surface area contributed by atoms with E-state index >= 15 is 0 Å². The summed E-state index contributed by atoms with van der Waals surface area (Å²) < 4.78 is 0. The molecule has 1 N–H and O–H groups in total. The maximum atomic E-state index is 4.54. The SMILES string of the molecule is CCc1nnc(CNc2cc(C)nc(-c3cccnc3)n2)s1. The quantitative estimate of drug-likeness (QED) is 0.780. The average molecular weight is 312 g/mol. The van der Waals surface area contributed by atoms with Crippen molar-refractivity contribution in [3.05, 3.63) is 46.3 Å². The van der Waals surface area contributed by atoms with Gasteiger partial charge >= 0.3 is 0 Å². The van der Waals surface area contributed by atoms with Gasteiger partial charge in [-0.25, -0.2) is 9.97 Å². The Labute approximate surface area is 132 Å². The fourth-order valence-electron chi connectivity index (χ4n) is 1.95. The van der Waals surface area contributed by atoms with E-state index in [9.17, 15) is 0 Å². The third kappa shape index (κ3) is 3.43. The number of aryl methyl sites for hydroxylation is 2. The molecule has 0 saturated carbocycles. The molecule has 112 valence electrons. The van der Waals surface area contributed by atoms with Crippen LogP contribution in [0.1, 0.15) is 22.6 Å². The Balaban J connectivity index is 1.78. The van der Waals surface area contributed by atoms with Gasteiger partial charge in [-0.1, -0.05) is 18.3 Å². The standard InChI is InChI=1S/C15H16N6S/c1-3-13-20-21-14(22-13)9-17-12-7-10(2)18-15(19-12)11-5-4-6-16-8-11/h4-8H,3,9H2,1-2H3,(H,17,18,19). The van der Waals surface area contributed by atoms with Gasteiger partial charge in [0.15, 0.2) is 5.82 Å². The highest BCUT2D eigenvalue weighted by Crippen LogP contribution is 2.18. The average Bonchev–Trinajstić information content (AvgIpc) is 3.01. The van der Waals surface area contributed by atoms with E-state index in [4.69, 9.17) is 0 Å². The number of nitrogens with zero attached hydrogens (tertiary/aromatic N) is 5. The minimum atomic E-state index is 0.612. The normalized spacial score (nSPS) is 10.6. The molecule has 22 heavy (non-hydrogen) atoms. The second-order valence-corrected chi connectivity index (χ2v) is 5.90. The molecule has 0 aliphatic carbocycles. The van der Waals surface area contributed by atoms with Crippen LogP contribution in [0, 0.1) is 6.92 Å². The van der Waals surface area contributed by atoms with Crippen molar-refractivity contribution in [1.82, 2.24) is 25.1 Å². The van der Waals surface area contributed by atoms with Gasteiger partial charge in [0.1, 0.15) is 15.8 Å². The molecule has 0 atom stereocenters. The van der Waals surface area contributed by atoms with E-state index in [1.807, 2.05) is 25.1 Å². The molecule has 0 aromatic carbocycles. The summed E-state index contributed by atoms with van der Waals surface area (Å²) in [6.45, 7) is 4.64. The molecule has 0 unspecified atom stereocenters. The van der Waals surface area contributed by atoms with Crippen LogP contribution in [0.25, 0.3) is 11.4 Å². The van der Waals surface area contributed by atoms with Gasteiger partial charge in [0.05, 0.1) is 6.54 Å². The predicted molar refractivity (Wildman–Crippen MR) is 86.6 cm³/mol. The lowest BCUT2D eigenvalue weighted by atomic mass is 10.2. The van der Waals surface area contributed by atoms with E-state index in [1.54, 1.807) is 23.7 Å². The van der Waals surface area contributed by atoms with E-state index < -0.39 is 0 Å². The number of nitrogens with one attached hydrogen (secondary N) is 1. The van der Waals surface area contributed by atoms with Crippen LogP contribution in [0.2, 0.25) is 0 Å². The van der Waals surface area contributed by atoms with E-state index in [2.05, 4.69) is 37.4 Å². The summed E-state index contributed by atoms with van der Waals surface area (Å²) in [6.07, 6.45) is 4.41. The predicted octanol–water partition coefficient (Wildman–Crippen LogP) is 2.87. The van der Waals surface area contributed by atoms with Gasteiger partial charge in [0.2, 0.25) is 0 Å². The van der Waals surface area contributed by atoms with Crippen molar-refractivity contribution in [2.75, 3.05) is 5.32 Å². The molecule has 3 rings (SSSR count). The third-order valence-electron chi connectivity index (χ3n) is 3.01. The number of hydrogen-bond donors (Lipinski definition) is 1. The second-order valence-electron chi connectivity index (χ2n) is 4.76. The summed E-state index contributed by atoms with van der Waals surface area (Å²) in [4.78, 5) is 13.1. The topological polar surface area (TPSA) is 76.5 Å². The fourth-order valence-corrected chi connectivity index (χ4v) is 2.68. The molecule has 7 heteroatoms. The van der Waals surface area contributed by atoms with E-state index in [0.29, 0.717) is 12.4 Å². The molecule has 3 heterocycles. The highest BCUT2D eigenvalue weighted by atomic mass is 32.1. The van der Waals surface area contributed by atoms with Crippen molar-refractivity contribution >= 4 is 17.2 Å². The monoisotopic (exact) mass is 312 g/mol. The second kappa shape index (κ2) is 6.57. The molecule has 0 amide bonds. The molecule has 0 aliphatic heterocycles. The van der Waals surface area contributed by atoms with Gasteiger partial charge in [0, 0.05) is 29.7 Å². The third-order valence-corrected chi connectivity index (χ3v) is 4.07. The Morgan fingerprint density at radius 3 is 2.77 bits per heavy atom. The zero-order valence-electron chi connectivity index (χ0n) is 12.4. The van der Waals surface area contributed by atoms with Gasteiger partial charge in [0.25, 0.3) is 0 Å². The first-order chi connectivity index (χ1) is 10.7. The maximum absolute atomic E-state index is 4.54. The molecule has 0 fully saturated rings. The molecule has 0 aliphatic rings. The van der Waals surface area contributed by atoms with Crippen LogP contribution in [0.5, 0.6) is 0 Å². The summed E-state index contributed by atoms with van der Waals surface area (Å²) in [5, 5.41) is 13.6. The Kier molecular flexibility index (Phi) is 4.34. The molecule has 3 aromatic rings. The zero-order chi connectivity index (χ0) is 15.4. The van der Waals surface area contributed by atoms with Crippen LogP contribution in [-0.2, 0) is 13.0 Å². The van der Waals surface area contributed by atoms with Crippen molar-refractivity contribution in [1.29, 1.82) is 0 Å². The fraction of sp³-hybridized carbons (Fsp3) is 0.267. The van der Waals surface area contributed by atoms with E-state index in [0.717, 1.165) is 33.5 Å². The van der Waals surface area contributed by atoms with Gasteiger partial charge in [-0.2, -0.15) is 0 Å². The molecule has 0 radical (unpaired) electrons. The molecule has 0 spiro atoms. The minimum Gasteiger partial charge on any atom is -0.363 e. The lowest BCUT2D eigenvalue weighted by Gasteiger charge is -2.07. The maximum Gasteiger partial charge on any atom is 0.163 e. The largest absolute Gasteiger partial charge is 0.363 e. The first-order valence-corrected chi connectivity index (χ1v) is 7.87. The number of rotatable bonds is 5. The van der Waals surface area contributed by atoms with E-state index in [1.165, 1.54) is 0 Å². The van der Waals surface area contributed by atoms with Crippen molar-refractivity contribution in [2.24, 2.45) is 0 Å². The van der Waals surface area contributed by atoms with Crippen LogP contribution in [0.4, 0.5) is 5.82 Å². The lowest BCUT2D eigenvalue weighted by Crippen LogP contribution is -2.04. The van der Waals surface area contributed by atoms with Crippen molar-refractivity contribution in [3.63, 3.8) is 0 Å². The number of anilines is 1. The Morgan fingerprint density at radius 1 is 1.18 bits per heavy atom. The summed E-state index contributed by atoms with van der Waals surface area (Å²) in [5.41, 5.74) is 1.81. The van der Waals surface area contributed by atoms with Crippen molar-refractivity contribution in [3.8, 4) is 11.4 Å². The summed E-state index contributed by atoms with van der Waals surface area (Å²) in [6, 6.07) is 5.74. The Bertz CT molecular complexity index is 756. The molecular weight excluding hydrogens is 296 g/mol. The van der Waals surface area contributed by atoms with Crippen LogP contribution < -0.4 is 5.32 Å². The summed E-state index contributed by atoms with van der Waals surface area (Å²) >= 11 is 1.62. The summed E-state index contributed by atoms with van der Waals surface area (Å²) in [7, 11) is 0. The molecule has 0 saturated heterocycles. The van der Waals surface area contributed by atoms with Gasteiger partial charge in [-0.15, -0.1) is 10.2 Å². The molecule has 3 aromatic heterocycles. The lowest BCUT2D eigenvalue weighted by molar-refractivity contribution is 0.935. The van der Waals surface area contributed by atoms with Crippen LogP contribution >= 0.6 is 11.3 Å². The number of pyridine rings is 1. The zero-order valence-corrected chi connectivity index (χ0v) is 13.3. The van der Waals surface area contributed by atoms with Crippen molar-refractivity contribution in [2.45, 2.75) is 26.8 Å². The van der Waals surface area contributed by atoms with Gasteiger partial charge < -0.3 is 5.32 Å². The molecular formula is C15H16N6S. The smallest absolute Gasteiger partial charge is 0.163 e. The summed E-state index contributed by atoms with van der Waals surface area (Å²) in [5.74, 6) is 1.45.